The van der Waals surface area contributed by atoms with Gasteiger partial charge in [-0.3, -0.25) is 4.79 Å². The van der Waals surface area contributed by atoms with E-state index >= 15 is 0 Å². The van der Waals surface area contributed by atoms with Gasteiger partial charge in [0, 0.05) is 31.4 Å². The number of fused-ring (bicyclic) bond motifs is 3. The van der Waals surface area contributed by atoms with Crippen LogP contribution >= 0.6 is 0 Å². The fourth-order valence-electron chi connectivity index (χ4n) is 4.90. The number of anilines is 1. The average Bonchev–Trinajstić information content (AvgIpc) is 3.31. The number of nitrogens with two attached hydrogens (primary N) is 1. The second-order valence-corrected chi connectivity index (χ2v) is 10.6. The number of unbranched alkanes of at least 4 members (excludes halogenated alkanes) is 1. The van der Waals surface area contributed by atoms with Gasteiger partial charge in [0.1, 0.15) is 17.1 Å². The molecule has 0 saturated heterocycles. The number of carbonyl (C=O) groups excluding carboxylic acids is 1. The number of rotatable bonds is 14. The van der Waals surface area contributed by atoms with E-state index in [4.69, 9.17) is 20.6 Å². The summed E-state index contributed by atoms with van der Waals surface area (Å²) in [6.07, 6.45) is 2.72. The Hall–Kier alpha value is -4.18. The van der Waals surface area contributed by atoms with E-state index in [1.165, 1.54) is 6.92 Å². The highest BCUT2D eigenvalue weighted by molar-refractivity contribution is 6.06. The van der Waals surface area contributed by atoms with Gasteiger partial charge in [-0.2, -0.15) is 0 Å². The molecule has 4 aromatic rings. The lowest BCUT2D eigenvalue weighted by Gasteiger charge is -2.25. The largest absolute Gasteiger partial charge is 0.479 e. The van der Waals surface area contributed by atoms with Crippen molar-refractivity contribution in [3.63, 3.8) is 0 Å². The lowest BCUT2D eigenvalue weighted by molar-refractivity contribution is -0.144. The van der Waals surface area contributed by atoms with Gasteiger partial charge in [0.25, 0.3) is 0 Å². The summed E-state index contributed by atoms with van der Waals surface area (Å²) < 4.78 is 7.71. The van der Waals surface area contributed by atoms with Gasteiger partial charge in [-0.25, -0.2) is 14.8 Å². The first kappa shape index (κ1) is 29.8. The van der Waals surface area contributed by atoms with Crippen molar-refractivity contribution in [3.8, 4) is 5.75 Å². The number of carbonyl (C=O) groups is 2. The number of nitrogens with zero attached hydrogens (tertiary/aromatic N) is 5. The molecule has 0 bridgehead atoms. The lowest BCUT2D eigenvalue weighted by Crippen LogP contribution is -2.38. The summed E-state index contributed by atoms with van der Waals surface area (Å²) in [5, 5.41) is 10.1. The summed E-state index contributed by atoms with van der Waals surface area (Å²) in [7, 11) is 3.76. The van der Waals surface area contributed by atoms with Crippen molar-refractivity contribution in [2.75, 3.05) is 32.9 Å². The summed E-state index contributed by atoms with van der Waals surface area (Å²) in [5.41, 5.74) is 9.86. The van der Waals surface area contributed by atoms with Crippen LogP contribution in [0.5, 0.6) is 5.75 Å². The van der Waals surface area contributed by atoms with E-state index in [9.17, 15) is 9.59 Å². The van der Waals surface area contributed by atoms with E-state index in [0.29, 0.717) is 37.7 Å². The minimum atomic E-state index is -1.02. The van der Waals surface area contributed by atoms with E-state index < -0.39 is 12.1 Å². The third-order valence-corrected chi connectivity index (χ3v) is 7.01. The smallest absolute Gasteiger partial charge is 0.344 e. The zero-order valence-electron chi connectivity index (χ0n) is 24.3. The number of aryl methyl sites for hydroxylation is 2. The summed E-state index contributed by atoms with van der Waals surface area (Å²) >= 11 is 0. The monoisotopic (exact) mass is 560 g/mol. The van der Waals surface area contributed by atoms with Crippen molar-refractivity contribution in [1.29, 1.82) is 0 Å². The van der Waals surface area contributed by atoms with Crippen LogP contribution in [0.2, 0.25) is 0 Å². The Bertz CT molecular complexity index is 1500. The second-order valence-electron chi connectivity index (χ2n) is 10.6. The minimum Gasteiger partial charge on any atom is -0.479 e. The number of likely N-dealkylation sites (N-methyl/N-ethyl adjacent to an activating group) is 1. The number of hydrogen-bond donors (Lipinski definition) is 2. The van der Waals surface area contributed by atoms with Crippen LogP contribution in [0.25, 0.3) is 21.9 Å². The quantitative estimate of drug-likeness (QED) is 0.233. The zero-order chi connectivity index (χ0) is 29.5. The molecule has 2 aromatic carbocycles. The molecule has 0 fully saturated rings. The highest BCUT2D eigenvalue weighted by Crippen LogP contribution is 2.29. The number of pyridine rings is 1. The van der Waals surface area contributed by atoms with Crippen molar-refractivity contribution >= 4 is 39.6 Å². The zero-order valence-corrected chi connectivity index (χ0v) is 24.3. The molecule has 2 heterocycles. The molecular weight excluding hydrogens is 520 g/mol. The Morgan fingerprint density at radius 2 is 1.80 bits per heavy atom. The molecule has 1 atom stereocenters. The fourth-order valence-corrected chi connectivity index (χ4v) is 4.90. The number of benzene rings is 2. The second kappa shape index (κ2) is 13.5. The predicted octanol–water partition coefficient (Wildman–Crippen LogP) is 4.34. The van der Waals surface area contributed by atoms with Crippen LogP contribution in [0.15, 0.2) is 48.5 Å². The van der Waals surface area contributed by atoms with Crippen LogP contribution < -0.4 is 10.5 Å². The van der Waals surface area contributed by atoms with Crippen LogP contribution in [0, 0.1) is 0 Å². The molecule has 41 heavy (non-hydrogen) atoms. The van der Waals surface area contributed by atoms with Crippen LogP contribution in [0.3, 0.4) is 0 Å². The predicted molar refractivity (Wildman–Crippen MR) is 161 cm³/mol. The number of aliphatic carboxylic acids is 1. The molecule has 0 aliphatic carbocycles. The number of hydrogen-bond acceptors (Lipinski definition) is 7. The summed E-state index contributed by atoms with van der Waals surface area (Å²) in [5.74, 6) is 0.912. The molecule has 2 aromatic heterocycles. The molecule has 4 rings (SSSR count). The number of carboxylic acid groups (broad SMARTS) is 1. The van der Waals surface area contributed by atoms with Gasteiger partial charge in [-0.05, 0) is 57.6 Å². The van der Waals surface area contributed by atoms with Gasteiger partial charge in [-0.15, -0.1) is 0 Å². The molecule has 218 valence electrons. The topological polar surface area (TPSA) is 127 Å². The highest BCUT2D eigenvalue weighted by atomic mass is 16.5. The van der Waals surface area contributed by atoms with Crippen molar-refractivity contribution < 1.29 is 19.4 Å². The van der Waals surface area contributed by atoms with Crippen LogP contribution in [0.4, 0.5) is 5.82 Å². The molecule has 0 aliphatic heterocycles. The van der Waals surface area contributed by atoms with Crippen LogP contribution in [-0.2, 0) is 29.1 Å². The molecule has 0 radical (unpaired) electrons. The van der Waals surface area contributed by atoms with E-state index in [-0.39, 0.29) is 5.91 Å². The summed E-state index contributed by atoms with van der Waals surface area (Å²) in [4.78, 5) is 37.6. The third-order valence-electron chi connectivity index (χ3n) is 7.01. The molecule has 0 aliphatic rings. The number of aromatic nitrogens is 3. The van der Waals surface area contributed by atoms with Gasteiger partial charge in [-0.1, -0.05) is 43.7 Å². The third kappa shape index (κ3) is 7.32. The van der Waals surface area contributed by atoms with Gasteiger partial charge < -0.3 is 29.9 Å². The van der Waals surface area contributed by atoms with Crippen molar-refractivity contribution in [2.24, 2.45) is 0 Å². The first-order chi connectivity index (χ1) is 19.7. The summed E-state index contributed by atoms with van der Waals surface area (Å²) in [6.45, 7) is 5.65. The highest BCUT2D eigenvalue weighted by Gasteiger charge is 2.19. The Morgan fingerprint density at radius 3 is 2.49 bits per heavy atom. The molecule has 3 N–H and O–H groups in total. The van der Waals surface area contributed by atoms with E-state index in [1.54, 1.807) is 12.1 Å². The van der Waals surface area contributed by atoms with Crippen molar-refractivity contribution in [3.05, 3.63) is 59.9 Å². The van der Waals surface area contributed by atoms with E-state index in [1.807, 2.05) is 54.2 Å². The molecule has 1 unspecified atom stereocenters. The molecule has 0 saturated carbocycles. The number of carboxylic acids is 1. The lowest BCUT2D eigenvalue weighted by atomic mass is 10.1. The van der Waals surface area contributed by atoms with Crippen LogP contribution in [0.1, 0.15) is 44.5 Å². The Kier molecular flexibility index (Phi) is 9.78. The van der Waals surface area contributed by atoms with Crippen molar-refractivity contribution in [2.45, 2.75) is 58.7 Å². The number of ether oxygens (including phenoxy) is 1. The average molecular weight is 561 g/mol. The van der Waals surface area contributed by atoms with Crippen LogP contribution in [-0.4, -0.2) is 74.6 Å². The number of nitrogen functional groups attached to an aromatic ring is 1. The summed E-state index contributed by atoms with van der Waals surface area (Å²) in [6, 6.07) is 15.2. The number of para-hydroxylation sites is 1. The first-order valence-electron chi connectivity index (χ1n) is 14.1. The van der Waals surface area contributed by atoms with Gasteiger partial charge in [0.05, 0.1) is 17.6 Å². The Morgan fingerprint density at radius 1 is 1.07 bits per heavy atom. The van der Waals surface area contributed by atoms with Gasteiger partial charge >= 0.3 is 5.97 Å². The molecule has 10 heteroatoms. The van der Waals surface area contributed by atoms with Crippen molar-refractivity contribution in [1.82, 2.24) is 24.3 Å². The maximum absolute atomic E-state index is 13.2. The number of amides is 1. The maximum Gasteiger partial charge on any atom is 0.344 e. The first-order valence-corrected chi connectivity index (χ1v) is 14.1. The number of imidazole rings is 1. The van der Waals surface area contributed by atoms with Gasteiger partial charge in [0.15, 0.2) is 11.9 Å². The SMILES string of the molecule is CCCCc1nc2c(N)nc3ccccc3c2n1CCCN(Cc1ccc(OC(C)C(=O)O)cc1)C(=O)CN(C)C. The normalized spacial score (nSPS) is 12.2. The molecule has 0 spiro atoms. The van der Waals surface area contributed by atoms with E-state index in [2.05, 4.69) is 22.5 Å². The standard InChI is InChI=1S/C31H40N6O4/c1-5-6-12-26-34-28-29(24-10-7-8-11-25(24)33-30(28)32)37(26)18-9-17-36(27(38)20-35(3)4)19-22-13-15-23(16-14-22)41-21(2)31(39)40/h7-8,10-11,13-16,21H,5-6,9,12,17-20H2,1-4H3,(H2,32,33)(H,39,40). The molecular formula is C31H40N6O4. The Labute approximate surface area is 240 Å². The molecule has 10 nitrogen and oxygen atoms in total. The molecule has 1 amide bonds. The minimum absolute atomic E-state index is 0.0374. The maximum atomic E-state index is 13.2. The Balaban J connectivity index is 1.56. The van der Waals surface area contributed by atoms with E-state index in [0.717, 1.165) is 59.0 Å². The van der Waals surface area contributed by atoms with Gasteiger partial charge in [0.2, 0.25) is 5.91 Å². The fraction of sp³-hybridized carbons (Fsp3) is 0.419.